The van der Waals surface area contributed by atoms with Gasteiger partial charge in [0.15, 0.2) is 5.16 Å². The molecular weight excluding hydrogens is 332 g/mol. The molecule has 0 saturated heterocycles. The molecule has 4 rings (SSSR count). The van der Waals surface area contributed by atoms with E-state index >= 15 is 0 Å². The van der Waals surface area contributed by atoms with Crippen LogP contribution in [0.25, 0.3) is 22.5 Å². The molecule has 1 atom stereocenters. The highest BCUT2D eigenvalue weighted by atomic mass is 32.2. The van der Waals surface area contributed by atoms with Crippen molar-refractivity contribution in [2.24, 2.45) is 0 Å². The number of nitrogens with one attached hydrogen (secondary N) is 1. The number of aromatic nitrogens is 4. The van der Waals surface area contributed by atoms with Crippen LogP contribution in [-0.2, 0) is 0 Å². The van der Waals surface area contributed by atoms with Gasteiger partial charge in [0.25, 0.3) is 0 Å². The number of hydrogen-bond acceptors (Lipinski definition) is 5. The van der Waals surface area contributed by atoms with E-state index in [1.165, 1.54) is 11.1 Å². The summed E-state index contributed by atoms with van der Waals surface area (Å²) in [5, 5.41) is 9.23. The van der Waals surface area contributed by atoms with Gasteiger partial charge in [-0.15, -0.1) is 10.2 Å². The average molecular weight is 350 g/mol. The van der Waals surface area contributed by atoms with Gasteiger partial charge in [0.1, 0.15) is 0 Å². The second-order valence-electron chi connectivity index (χ2n) is 6.13. The number of aryl methyl sites for hydroxylation is 2. The Labute approximate surface area is 149 Å². The average Bonchev–Trinajstić information content (AvgIpc) is 3.21. The van der Waals surface area contributed by atoms with Gasteiger partial charge < -0.3 is 9.40 Å². The predicted octanol–water partition coefficient (Wildman–Crippen LogP) is 5.08. The van der Waals surface area contributed by atoms with Gasteiger partial charge in [0.05, 0.1) is 16.3 Å². The molecule has 0 aliphatic rings. The van der Waals surface area contributed by atoms with E-state index in [1.807, 2.05) is 37.3 Å². The lowest BCUT2D eigenvalue weighted by molar-refractivity contribution is 0.509. The Hall–Kier alpha value is -2.60. The molecule has 25 heavy (non-hydrogen) atoms. The first-order valence-electron chi connectivity index (χ1n) is 8.12. The van der Waals surface area contributed by atoms with Crippen LogP contribution < -0.4 is 0 Å². The number of thioether (sulfide) groups is 1. The first kappa shape index (κ1) is 15.9. The van der Waals surface area contributed by atoms with E-state index in [0.717, 1.165) is 21.8 Å². The summed E-state index contributed by atoms with van der Waals surface area (Å²) in [5.74, 6) is 1.14. The van der Waals surface area contributed by atoms with Crippen molar-refractivity contribution in [3.63, 3.8) is 0 Å². The van der Waals surface area contributed by atoms with E-state index in [1.54, 1.807) is 11.8 Å². The van der Waals surface area contributed by atoms with Crippen LogP contribution >= 0.6 is 11.8 Å². The topological polar surface area (TPSA) is 67.6 Å². The van der Waals surface area contributed by atoms with Gasteiger partial charge in [-0.1, -0.05) is 35.5 Å². The monoisotopic (exact) mass is 350 g/mol. The second-order valence-corrected chi connectivity index (χ2v) is 7.46. The summed E-state index contributed by atoms with van der Waals surface area (Å²) in [6, 6.07) is 14.2. The van der Waals surface area contributed by atoms with Crippen molar-refractivity contribution in [1.29, 1.82) is 0 Å². The Bertz CT molecular complexity index is 1020. The molecule has 126 valence electrons. The zero-order valence-electron chi connectivity index (χ0n) is 14.3. The van der Waals surface area contributed by atoms with E-state index in [-0.39, 0.29) is 5.25 Å². The maximum Gasteiger partial charge on any atom is 0.247 e. The van der Waals surface area contributed by atoms with Gasteiger partial charge in [0, 0.05) is 5.56 Å². The smallest absolute Gasteiger partial charge is 0.247 e. The van der Waals surface area contributed by atoms with E-state index in [0.29, 0.717) is 11.8 Å². The fourth-order valence-corrected chi connectivity index (χ4v) is 3.44. The van der Waals surface area contributed by atoms with Crippen LogP contribution in [0.5, 0.6) is 0 Å². The lowest BCUT2D eigenvalue weighted by atomic mass is 10.1. The summed E-state index contributed by atoms with van der Waals surface area (Å²) >= 11 is 1.58. The highest BCUT2D eigenvalue weighted by Crippen LogP contribution is 2.34. The molecule has 0 amide bonds. The molecule has 2 heterocycles. The molecule has 0 spiro atoms. The predicted molar refractivity (Wildman–Crippen MR) is 99.6 cm³/mol. The number of aromatic amines is 1. The Morgan fingerprint density at radius 1 is 1.00 bits per heavy atom. The van der Waals surface area contributed by atoms with Crippen molar-refractivity contribution in [3.8, 4) is 11.5 Å². The second kappa shape index (κ2) is 6.37. The molecule has 0 aliphatic heterocycles. The van der Waals surface area contributed by atoms with Crippen LogP contribution in [0.15, 0.2) is 52.0 Å². The maximum absolute atomic E-state index is 5.85. The van der Waals surface area contributed by atoms with E-state index in [2.05, 4.69) is 46.1 Å². The Morgan fingerprint density at radius 2 is 1.76 bits per heavy atom. The zero-order chi connectivity index (χ0) is 17.4. The fraction of sp³-hybridized carbons (Fsp3) is 0.211. The highest BCUT2D eigenvalue weighted by molar-refractivity contribution is 7.99. The zero-order valence-corrected chi connectivity index (χ0v) is 15.1. The van der Waals surface area contributed by atoms with Crippen LogP contribution in [0.1, 0.15) is 29.2 Å². The van der Waals surface area contributed by atoms with Crippen molar-refractivity contribution < 1.29 is 4.42 Å². The lowest BCUT2D eigenvalue weighted by Gasteiger charge is -2.03. The normalized spacial score (nSPS) is 12.6. The number of imidazole rings is 1. The molecule has 0 fully saturated rings. The lowest BCUT2D eigenvalue weighted by Crippen LogP contribution is -1.89. The number of hydrogen-bond donors (Lipinski definition) is 1. The van der Waals surface area contributed by atoms with Crippen LogP contribution in [-0.4, -0.2) is 20.2 Å². The van der Waals surface area contributed by atoms with Gasteiger partial charge in [-0.05, 0) is 50.6 Å². The van der Waals surface area contributed by atoms with E-state index in [9.17, 15) is 0 Å². The molecule has 0 bridgehead atoms. The standard InChI is InChI=1S/C19H18N4OS/c1-11-4-7-14(8-5-11)18-23-22-17(24-18)13(3)25-19-20-15-9-6-12(2)10-16(15)21-19/h4-10,13H,1-3H3,(H,20,21). The van der Waals surface area contributed by atoms with Gasteiger partial charge >= 0.3 is 0 Å². The summed E-state index contributed by atoms with van der Waals surface area (Å²) in [5.41, 5.74) is 5.35. The van der Waals surface area contributed by atoms with Crippen LogP contribution in [0.4, 0.5) is 0 Å². The molecule has 1 N–H and O–H groups in total. The SMILES string of the molecule is Cc1ccc(-c2nnc(C(C)Sc3nc4ccc(C)cc4[nH]3)o2)cc1. The van der Waals surface area contributed by atoms with Crippen molar-refractivity contribution >= 4 is 22.8 Å². The Balaban J connectivity index is 1.54. The van der Waals surface area contributed by atoms with Crippen molar-refractivity contribution in [2.45, 2.75) is 31.2 Å². The third kappa shape index (κ3) is 3.30. The van der Waals surface area contributed by atoms with Gasteiger partial charge in [0.2, 0.25) is 11.8 Å². The van der Waals surface area contributed by atoms with Crippen LogP contribution in [0, 0.1) is 13.8 Å². The largest absolute Gasteiger partial charge is 0.419 e. The number of rotatable bonds is 4. The van der Waals surface area contributed by atoms with Gasteiger partial charge in [-0.2, -0.15) is 0 Å². The summed E-state index contributed by atoms with van der Waals surface area (Å²) in [6.45, 7) is 6.16. The molecule has 2 aromatic carbocycles. The molecule has 1 unspecified atom stereocenters. The summed E-state index contributed by atoms with van der Waals surface area (Å²) in [4.78, 5) is 7.96. The van der Waals surface area contributed by atoms with Gasteiger partial charge in [-0.25, -0.2) is 4.98 Å². The molecular formula is C19H18N4OS. The third-order valence-corrected chi connectivity index (χ3v) is 4.96. The Morgan fingerprint density at radius 3 is 2.56 bits per heavy atom. The number of H-pyrrole nitrogens is 1. The fourth-order valence-electron chi connectivity index (χ4n) is 2.59. The molecule has 0 radical (unpaired) electrons. The van der Waals surface area contributed by atoms with E-state index in [4.69, 9.17) is 4.42 Å². The molecule has 5 nitrogen and oxygen atoms in total. The van der Waals surface area contributed by atoms with Crippen molar-refractivity contribution in [3.05, 3.63) is 59.5 Å². The summed E-state index contributed by atoms with van der Waals surface area (Å²) < 4.78 is 5.85. The van der Waals surface area contributed by atoms with E-state index < -0.39 is 0 Å². The van der Waals surface area contributed by atoms with Crippen molar-refractivity contribution in [1.82, 2.24) is 20.2 Å². The minimum absolute atomic E-state index is 0.00774. The van der Waals surface area contributed by atoms with Crippen LogP contribution in [0.2, 0.25) is 0 Å². The van der Waals surface area contributed by atoms with Crippen LogP contribution in [0.3, 0.4) is 0 Å². The molecule has 4 aromatic rings. The minimum atomic E-state index is 0.00774. The molecule has 0 aliphatic carbocycles. The third-order valence-electron chi connectivity index (χ3n) is 3.99. The van der Waals surface area contributed by atoms with Gasteiger partial charge in [-0.3, -0.25) is 0 Å². The quantitative estimate of drug-likeness (QED) is 0.520. The van der Waals surface area contributed by atoms with Crippen molar-refractivity contribution in [2.75, 3.05) is 0 Å². The number of fused-ring (bicyclic) bond motifs is 1. The summed E-state index contributed by atoms with van der Waals surface area (Å²) in [6.07, 6.45) is 0. The molecule has 2 aromatic heterocycles. The number of nitrogens with zero attached hydrogens (tertiary/aromatic N) is 3. The first-order valence-corrected chi connectivity index (χ1v) is 9.00. The molecule has 6 heteroatoms. The number of benzene rings is 2. The minimum Gasteiger partial charge on any atom is -0.419 e. The summed E-state index contributed by atoms with van der Waals surface area (Å²) in [7, 11) is 0. The first-order chi connectivity index (χ1) is 12.1. The Kier molecular flexibility index (Phi) is 4.05. The maximum atomic E-state index is 5.85. The molecule has 0 saturated carbocycles. The highest BCUT2D eigenvalue weighted by Gasteiger charge is 2.18.